The van der Waals surface area contributed by atoms with Gasteiger partial charge >= 0.3 is 5.97 Å². The second-order valence-electron chi connectivity index (χ2n) is 4.05. The molecule has 0 aromatic heterocycles. The molecule has 2 amide bonds. The van der Waals surface area contributed by atoms with E-state index < -0.39 is 24.0 Å². The van der Waals surface area contributed by atoms with Gasteiger partial charge in [-0.25, -0.2) is 0 Å². The lowest BCUT2D eigenvalue weighted by atomic mass is 10.1. The minimum Gasteiger partial charge on any atom is -0.481 e. The van der Waals surface area contributed by atoms with E-state index >= 15 is 0 Å². The summed E-state index contributed by atoms with van der Waals surface area (Å²) in [4.78, 5) is 33.4. The first-order valence-electron chi connectivity index (χ1n) is 5.92. The average molecular weight is 275 g/mol. The summed E-state index contributed by atoms with van der Waals surface area (Å²) in [6, 6.07) is -1.68. The highest BCUT2D eigenvalue weighted by Gasteiger charge is 2.20. The minimum atomic E-state index is -1.02. The van der Waals surface area contributed by atoms with E-state index in [0.29, 0.717) is 13.2 Å². The number of hydrogen-bond acceptors (Lipinski definition) is 5. The number of nitrogens with one attached hydrogen (secondary N) is 2. The van der Waals surface area contributed by atoms with Crippen LogP contribution in [0.25, 0.3) is 0 Å². The maximum absolute atomic E-state index is 11.6. The Morgan fingerprint density at radius 2 is 1.95 bits per heavy atom. The molecule has 0 aliphatic heterocycles. The van der Waals surface area contributed by atoms with Crippen LogP contribution < -0.4 is 16.4 Å². The van der Waals surface area contributed by atoms with Crippen LogP contribution in [0.5, 0.6) is 0 Å². The molecule has 0 radical (unpaired) electrons. The lowest BCUT2D eigenvalue weighted by Gasteiger charge is -2.16. The number of carboxylic acid groups (broad SMARTS) is 1. The summed E-state index contributed by atoms with van der Waals surface area (Å²) < 4.78 is 4.77. The van der Waals surface area contributed by atoms with Crippen LogP contribution in [0.15, 0.2) is 0 Å². The van der Waals surface area contributed by atoms with Crippen LogP contribution in [0.4, 0.5) is 0 Å². The summed E-state index contributed by atoms with van der Waals surface area (Å²) in [5.41, 5.74) is 5.51. The number of carbonyl (C=O) groups excluding carboxylic acids is 2. The van der Waals surface area contributed by atoms with Crippen molar-refractivity contribution in [1.29, 1.82) is 0 Å². The molecule has 2 unspecified atom stereocenters. The fourth-order valence-corrected chi connectivity index (χ4v) is 1.23. The van der Waals surface area contributed by atoms with Crippen LogP contribution in [0.2, 0.25) is 0 Å². The molecule has 0 bridgehead atoms. The minimum absolute atomic E-state index is 0.0270. The van der Waals surface area contributed by atoms with Crippen molar-refractivity contribution in [2.24, 2.45) is 5.73 Å². The fourth-order valence-electron chi connectivity index (χ4n) is 1.23. The van der Waals surface area contributed by atoms with Crippen LogP contribution in [-0.4, -0.2) is 55.2 Å². The van der Waals surface area contributed by atoms with Crippen LogP contribution in [-0.2, 0) is 19.1 Å². The molecule has 19 heavy (non-hydrogen) atoms. The molecule has 0 aromatic carbocycles. The van der Waals surface area contributed by atoms with Gasteiger partial charge in [0, 0.05) is 20.1 Å². The smallest absolute Gasteiger partial charge is 0.303 e. The molecule has 8 nitrogen and oxygen atoms in total. The van der Waals surface area contributed by atoms with Crippen LogP contribution >= 0.6 is 0 Å². The number of methoxy groups -OCH3 is 1. The van der Waals surface area contributed by atoms with Crippen molar-refractivity contribution in [1.82, 2.24) is 10.6 Å². The van der Waals surface area contributed by atoms with Crippen molar-refractivity contribution in [3.05, 3.63) is 0 Å². The van der Waals surface area contributed by atoms with Crippen molar-refractivity contribution in [3.8, 4) is 0 Å². The highest BCUT2D eigenvalue weighted by molar-refractivity contribution is 5.89. The number of nitrogens with two attached hydrogens (primary N) is 1. The van der Waals surface area contributed by atoms with Gasteiger partial charge in [-0.1, -0.05) is 0 Å². The SMILES string of the molecule is COCCNC(=O)C(C)NC(=O)C(N)CCC(=O)O. The van der Waals surface area contributed by atoms with Crippen molar-refractivity contribution in [2.45, 2.75) is 31.8 Å². The van der Waals surface area contributed by atoms with Crippen molar-refractivity contribution in [2.75, 3.05) is 20.3 Å². The van der Waals surface area contributed by atoms with E-state index in [0.717, 1.165) is 0 Å². The second kappa shape index (κ2) is 9.29. The van der Waals surface area contributed by atoms with Gasteiger partial charge in [-0.15, -0.1) is 0 Å². The second-order valence-corrected chi connectivity index (χ2v) is 4.05. The standard InChI is InChI=1S/C11H21N3O5/c1-7(10(17)13-5-6-19-2)14-11(18)8(12)3-4-9(15)16/h7-8H,3-6,12H2,1-2H3,(H,13,17)(H,14,18)(H,15,16). The summed E-state index contributed by atoms with van der Waals surface area (Å²) in [6.45, 7) is 2.25. The summed E-state index contributed by atoms with van der Waals surface area (Å²) in [6.07, 6.45) is -0.165. The Balaban J connectivity index is 4.02. The summed E-state index contributed by atoms with van der Waals surface area (Å²) in [5.74, 6) is -1.92. The van der Waals surface area contributed by atoms with Gasteiger partial charge in [0.05, 0.1) is 12.6 Å². The highest BCUT2D eigenvalue weighted by atomic mass is 16.5. The van der Waals surface area contributed by atoms with Crippen LogP contribution in [0.1, 0.15) is 19.8 Å². The van der Waals surface area contributed by atoms with Crippen molar-refractivity contribution < 1.29 is 24.2 Å². The monoisotopic (exact) mass is 275 g/mol. The molecule has 0 aromatic rings. The van der Waals surface area contributed by atoms with Gasteiger partial charge in [0.15, 0.2) is 0 Å². The summed E-state index contributed by atoms with van der Waals surface area (Å²) in [5, 5.41) is 13.5. The number of ether oxygens (including phenoxy) is 1. The lowest BCUT2D eigenvalue weighted by Crippen LogP contribution is -2.50. The Hall–Kier alpha value is -1.67. The van der Waals surface area contributed by atoms with Gasteiger partial charge < -0.3 is 26.2 Å². The number of hydrogen-bond donors (Lipinski definition) is 4. The number of rotatable bonds is 9. The molecule has 0 spiro atoms. The molecule has 8 heteroatoms. The number of carboxylic acids is 1. The zero-order chi connectivity index (χ0) is 14.8. The van der Waals surface area contributed by atoms with Crippen LogP contribution in [0, 0.1) is 0 Å². The van der Waals surface area contributed by atoms with Gasteiger partial charge in [-0.3, -0.25) is 14.4 Å². The van der Waals surface area contributed by atoms with E-state index in [1.807, 2.05) is 0 Å². The third-order valence-electron chi connectivity index (χ3n) is 2.36. The van der Waals surface area contributed by atoms with Crippen molar-refractivity contribution >= 4 is 17.8 Å². The zero-order valence-electron chi connectivity index (χ0n) is 11.1. The van der Waals surface area contributed by atoms with E-state index in [2.05, 4.69) is 10.6 Å². The highest BCUT2D eigenvalue weighted by Crippen LogP contribution is 1.95. The zero-order valence-corrected chi connectivity index (χ0v) is 11.1. The lowest BCUT2D eigenvalue weighted by molar-refractivity contribution is -0.137. The Morgan fingerprint density at radius 1 is 1.32 bits per heavy atom. The van der Waals surface area contributed by atoms with E-state index in [4.69, 9.17) is 15.6 Å². The van der Waals surface area contributed by atoms with E-state index in [-0.39, 0.29) is 18.7 Å². The maximum atomic E-state index is 11.6. The Bertz CT molecular complexity index is 321. The maximum Gasteiger partial charge on any atom is 0.303 e. The van der Waals surface area contributed by atoms with E-state index in [1.165, 1.54) is 14.0 Å². The molecular weight excluding hydrogens is 254 g/mol. The van der Waals surface area contributed by atoms with Gasteiger partial charge in [0.25, 0.3) is 0 Å². The molecule has 5 N–H and O–H groups in total. The van der Waals surface area contributed by atoms with Crippen molar-refractivity contribution in [3.63, 3.8) is 0 Å². The average Bonchev–Trinajstić information content (AvgIpc) is 2.35. The molecule has 0 aliphatic carbocycles. The quantitative estimate of drug-likeness (QED) is 0.377. The number of aliphatic carboxylic acids is 1. The first-order valence-corrected chi connectivity index (χ1v) is 5.92. The third kappa shape index (κ3) is 8.11. The third-order valence-corrected chi connectivity index (χ3v) is 2.36. The summed E-state index contributed by atoms with van der Waals surface area (Å²) in [7, 11) is 1.51. The fraction of sp³-hybridized carbons (Fsp3) is 0.727. The Morgan fingerprint density at radius 3 is 2.47 bits per heavy atom. The first kappa shape index (κ1) is 17.3. The molecule has 2 atom stereocenters. The molecule has 0 heterocycles. The first-order chi connectivity index (χ1) is 8.88. The van der Waals surface area contributed by atoms with Crippen LogP contribution in [0.3, 0.4) is 0 Å². The van der Waals surface area contributed by atoms with Gasteiger partial charge in [0.2, 0.25) is 11.8 Å². The molecule has 0 fully saturated rings. The van der Waals surface area contributed by atoms with Gasteiger partial charge in [-0.2, -0.15) is 0 Å². The Kier molecular flexibility index (Phi) is 8.47. The Labute approximate surface area is 111 Å². The molecule has 0 saturated carbocycles. The molecule has 0 rings (SSSR count). The normalized spacial score (nSPS) is 13.4. The molecule has 0 saturated heterocycles. The number of amides is 2. The molecule has 110 valence electrons. The van der Waals surface area contributed by atoms with E-state index in [1.54, 1.807) is 0 Å². The summed E-state index contributed by atoms with van der Waals surface area (Å²) >= 11 is 0. The number of carbonyl (C=O) groups is 3. The molecule has 0 aliphatic rings. The van der Waals surface area contributed by atoms with E-state index in [9.17, 15) is 14.4 Å². The predicted molar refractivity (Wildman–Crippen MR) is 67.3 cm³/mol. The largest absolute Gasteiger partial charge is 0.481 e. The predicted octanol–water partition coefficient (Wildman–Crippen LogP) is -1.55. The van der Waals surface area contributed by atoms with Gasteiger partial charge in [0.1, 0.15) is 6.04 Å². The van der Waals surface area contributed by atoms with Gasteiger partial charge in [-0.05, 0) is 13.3 Å². The topological polar surface area (TPSA) is 131 Å². The molecular formula is C11H21N3O5.